The Labute approximate surface area is 193 Å². The van der Waals surface area contributed by atoms with Crippen molar-refractivity contribution in [1.82, 2.24) is 9.97 Å². The Balaban J connectivity index is 1.63. The summed E-state index contributed by atoms with van der Waals surface area (Å²) < 4.78 is 24.3. The van der Waals surface area contributed by atoms with Crippen molar-refractivity contribution < 1.29 is 18.7 Å². The van der Waals surface area contributed by atoms with Crippen LogP contribution in [-0.2, 0) is 4.79 Å². The molecule has 0 saturated heterocycles. The van der Waals surface area contributed by atoms with Crippen molar-refractivity contribution in [3.63, 3.8) is 0 Å². The number of carbonyl (C=O) groups is 1. The molecule has 174 valence electrons. The smallest absolute Gasteiger partial charge is 0.327 e. The molecule has 1 aromatic heterocycles. The molecule has 0 bridgehead atoms. The lowest BCUT2D eigenvalue weighted by atomic mass is 9.72. The van der Waals surface area contributed by atoms with Gasteiger partial charge in [0, 0.05) is 23.6 Å². The molecule has 34 heavy (non-hydrogen) atoms. The number of benzene rings is 2. The van der Waals surface area contributed by atoms with Gasteiger partial charge in [-0.3, -0.25) is 19.6 Å². The zero-order valence-corrected chi connectivity index (χ0v) is 18.5. The standard InChI is InChI=1S/C25H22FN3O5/c1-33-18-8-5-13(11-19(18)34-2)14-9-16-21(17(30)10-14)20(12-3-6-15(26)7-4-12)22-23(27-16)28-25(32)29-24(22)31/h3-8,11,14,20H,9-10H2,1-2H3,(H3,27,28,29,31,32)/t14-,20-/m1/s1. The summed E-state index contributed by atoms with van der Waals surface area (Å²) in [5.41, 5.74) is 1.55. The van der Waals surface area contributed by atoms with Gasteiger partial charge in [0.1, 0.15) is 11.6 Å². The number of Topliss-reactive ketones (excluding diaryl/α,β-unsaturated/α-hetero) is 1. The Morgan fingerprint density at radius 2 is 1.59 bits per heavy atom. The topological polar surface area (TPSA) is 113 Å². The van der Waals surface area contributed by atoms with E-state index in [0.717, 1.165) is 5.56 Å². The minimum absolute atomic E-state index is 0.126. The van der Waals surface area contributed by atoms with Gasteiger partial charge in [-0.05, 0) is 47.7 Å². The molecule has 0 spiro atoms. The van der Waals surface area contributed by atoms with Crippen LogP contribution in [-0.4, -0.2) is 30.0 Å². The number of ketones is 1. The normalized spacial score (nSPS) is 19.2. The van der Waals surface area contributed by atoms with Crippen molar-refractivity contribution in [3.8, 4) is 11.5 Å². The van der Waals surface area contributed by atoms with Crippen LogP contribution in [0.3, 0.4) is 0 Å². The van der Waals surface area contributed by atoms with Crippen molar-refractivity contribution in [2.75, 3.05) is 19.5 Å². The Hall–Kier alpha value is -4.14. The quantitative estimate of drug-likeness (QED) is 0.548. The maximum absolute atomic E-state index is 13.6. The first-order valence-corrected chi connectivity index (χ1v) is 10.8. The molecule has 0 radical (unpaired) electrons. The van der Waals surface area contributed by atoms with Crippen LogP contribution in [0.2, 0.25) is 0 Å². The highest BCUT2D eigenvalue weighted by atomic mass is 19.1. The first kappa shape index (κ1) is 21.7. The van der Waals surface area contributed by atoms with Crippen LogP contribution in [0, 0.1) is 5.82 Å². The monoisotopic (exact) mass is 463 g/mol. The fourth-order valence-corrected chi connectivity index (χ4v) is 4.88. The summed E-state index contributed by atoms with van der Waals surface area (Å²) in [6.45, 7) is 0. The van der Waals surface area contributed by atoms with Crippen molar-refractivity contribution >= 4 is 11.6 Å². The molecular formula is C25H22FN3O5. The Bertz CT molecular complexity index is 1440. The summed E-state index contributed by atoms with van der Waals surface area (Å²) in [5.74, 6) is -0.0397. The molecule has 1 aliphatic heterocycles. The van der Waals surface area contributed by atoms with Crippen molar-refractivity contribution in [1.29, 1.82) is 0 Å². The molecule has 5 rings (SSSR count). The molecule has 3 N–H and O–H groups in total. The lowest BCUT2D eigenvalue weighted by molar-refractivity contribution is -0.116. The number of hydrogen-bond acceptors (Lipinski definition) is 6. The molecule has 0 unspecified atom stereocenters. The fourth-order valence-electron chi connectivity index (χ4n) is 4.88. The third-order valence-corrected chi connectivity index (χ3v) is 6.42. The minimum atomic E-state index is -0.730. The summed E-state index contributed by atoms with van der Waals surface area (Å²) in [6.07, 6.45) is 0.701. The highest BCUT2D eigenvalue weighted by Gasteiger charge is 2.40. The number of hydrogen-bond donors (Lipinski definition) is 3. The molecule has 3 aromatic rings. The van der Waals surface area contributed by atoms with Crippen molar-refractivity contribution in [3.05, 3.63) is 97.1 Å². The van der Waals surface area contributed by atoms with E-state index in [9.17, 15) is 18.8 Å². The number of rotatable bonds is 4. The lowest BCUT2D eigenvalue weighted by Crippen LogP contribution is -2.37. The highest BCUT2D eigenvalue weighted by molar-refractivity contribution is 6.01. The number of halogens is 1. The second kappa shape index (κ2) is 8.33. The largest absolute Gasteiger partial charge is 0.493 e. The fraction of sp³-hybridized carbons (Fsp3) is 0.240. The zero-order valence-electron chi connectivity index (χ0n) is 18.5. The van der Waals surface area contributed by atoms with Gasteiger partial charge in [0.15, 0.2) is 17.3 Å². The third kappa shape index (κ3) is 3.59. The summed E-state index contributed by atoms with van der Waals surface area (Å²) in [7, 11) is 3.11. The van der Waals surface area contributed by atoms with E-state index < -0.39 is 23.0 Å². The van der Waals surface area contributed by atoms with Crippen LogP contribution in [0.15, 0.2) is 63.3 Å². The van der Waals surface area contributed by atoms with Gasteiger partial charge >= 0.3 is 5.69 Å². The maximum Gasteiger partial charge on any atom is 0.327 e. The molecule has 2 aromatic carbocycles. The maximum atomic E-state index is 13.6. The number of carbonyl (C=O) groups excluding carboxylic acids is 1. The lowest BCUT2D eigenvalue weighted by Gasteiger charge is -2.35. The summed E-state index contributed by atoms with van der Waals surface area (Å²) in [6, 6.07) is 11.2. The van der Waals surface area contributed by atoms with E-state index in [4.69, 9.17) is 9.47 Å². The van der Waals surface area contributed by atoms with Gasteiger partial charge in [-0.2, -0.15) is 0 Å². The number of nitrogens with one attached hydrogen (secondary N) is 3. The van der Waals surface area contributed by atoms with E-state index in [1.807, 2.05) is 12.1 Å². The minimum Gasteiger partial charge on any atom is -0.493 e. The highest BCUT2D eigenvalue weighted by Crippen LogP contribution is 2.46. The van der Waals surface area contributed by atoms with Gasteiger partial charge in [-0.15, -0.1) is 0 Å². The first-order chi connectivity index (χ1) is 16.4. The molecule has 1 aliphatic carbocycles. The van der Waals surface area contributed by atoms with Gasteiger partial charge in [0.2, 0.25) is 0 Å². The SMILES string of the molecule is COc1ccc([C@H]2CC(=O)C3=C(C2)Nc2[nH]c(=O)[nH]c(=O)c2[C@@H]3c2ccc(F)cc2)cc1OC. The van der Waals surface area contributed by atoms with E-state index in [1.165, 1.54) is 12.1 Å². The number of allylic oxidation sites excluding steroid dienone is 2. The number of anilines is 1. The predicted octanol–water partition coefficient (Wildman–Crippen LogP) is 3.18. The summed E-state index contributed by atoms with van der Waals surface area (Å²) in [5, 5.41) is 3.13. The van der Waals surface area contributed by atoms with E-state index in [2.05, 4.69) is 15.3 Å². The number of aromatic amines is 2. The molecular weight excluding hydrogens is 441 g/mol. The molecule has 0 fully saturated rings. The molecule has 2 aliphatic rings. The van der Waals surface area contributed by atoms with Gasteiger partial charge < -0.3 is 14.8 Å². The number of H-pyrrole nitrogens is 2. The average Bonchev–Trinajstić information content (AvgIpc) is 2.82. The molecule has 0 amide bonds. The summed E-state index contributed by atoms with van der Waals surface area (Å²) in [4.78, 5) is 43.2. The van der Waals surface area contributed by atoms with Gasteiger partial charge in [-0.1, -0.05) is 18.2 Å². The van der Waals surface area contributed by atoms with E-state index in [0.29, 0.717) is 34.8 Å². The van der Waals surface area contributed by atoms with Crippen LogP contribution in [0.4, 0.5) is 10.2 Å². The average molecular weight is 463 g/mol. The number of methoxy groups -OCH3 is 2. The summed E-state index contributed by atoms with van der Waals surface area (Å²) >= 11 is 0. The van der Waals surface area contributed by atoms with Crippen molar-refractivity contribution in [2.45, 2.75) is 24.7 Å². The molecule has 8 nitrogen and oxygen atoms in total. The molecule has 2 heterocycles. The van der Waals surface area contributed by atoms with E-state index in [-0.39, 0.29) is 29.5 Å². The van der Waals surface area contributed by atoms with Crippen LogP contribution >= 0.6 is 0 Å². The van der Waals surface area contributed by atoms with Crippen molar-refractivity contribution in [2.24, 2.45) is 0 Å². The molecule has 0 saturated carbocycles. The van der Waals surface area contributed by atoms with Gasteiger partial charge in [0.05, 0.1) is 19.8 Å². The second-order valence-electron chi connectivity index (χ2n) is 8.34. The molecule has 9 heteroatoms. The second-order valence-corrected chi connectivity index (χ2v) is 8.34. The Kier molecular flexibility index (Phi) is 5.31. The number of aromatic nitrogens is 2. The Morgan fingerprint density at radius 1 is 0.882 bits per heavy atom. The van der Waals surface area contributed by atoms with Crippen LogP contribution in [0.25, 0.3) is 0 Å². The van der Waals surface area contributed by atoms with Gasteiger partial charge in [0.25, 0.3) is 5.56 Å². The van der Waals surface area contributed by atoms with E-state index >= 15 is 0 Å². The number of ether oxygens (including phenoxy) is 2. The third-order valence-electron chi connectivity index (χ3n) is 6.42. The predicted molar refractivity (Wildman–Crippen MR) is 123 cm³/mol. The van der Waals surface area contributed by atoms with E-state index in [1.54, 1.807) is 32.4 Å². The van der Waals surface area contributed by atoms with Crippen LogP contribution < -0.4 is 26.0 Å². The van der Waals surface area contributed by atoms with Gasteiger partial charge in [-0.25, -0.2) is 9.18 Å². The first-order valence-electron chi connectivity index (χ1n) is 10.8. The number of fused-ring (bicyclic) bond motifs is 1. The Morgan fingerprint density at radius 3 is 2.29 bits per heavy atom. The van der Waals surface area contributed by atoms with Crippen LogP contribution in [0.5, 0.6) is 11.5 Å². The zero-order chi connectivity index (χ0) is 24.0. The van der Waals surface area contributed by atoms with Crippen LogP contribution in [0.1, 0.15) is 41.4 Å². The molecule has 2 atom stereocenters.